The van der Waals surface area contributed by atoms with E-state index in [0.717, 1.165) is 11.3 Å². The monoisotopic (exact) mass is 450 g/mol. The Labute approximate surface area is 185 Å². The summed E-state index contributed by atoms with van der Waals surface area (Å²) in [6, 6.07) is 5.55. The Morgan fingerprint density at radius 1 is 1.43 bits per heavy atom. The van der Waals surface area contributed by atoms with Crippen LogP contribution in [0.15, 0.2) is 30.9 Å². The van der Waals surface area contributed by atoms with Crippen LogP contribution in [0.5, 0.6) is 0 Å². The van der Waals surface area contributed by atoms with Crippen LogP contribution in [0.3, 0.4) is 0 Å². The second kappa shape index (κ2) is 8.43. The van der Waals surface area contributed by atoms with Crippen LogP contribution in [0.2, 0.25) is 4.34 Å². The summed E-state index contributed by atoms with van der Waals surface area (Å²) in [5.41, 5.74) is -0.911. The van der Waals surface area contributed by atoms with E-state index >= 15 is 0 Å². The topological polar surface area (TPSA) is 87.5 Å². The standard InChI is InChI=1S/C21H27ClN4O3S/c1-5-9-21(10-6-11-25(21)19(28)29)15-12-17(23-13-14-7-8-16(22)30-14)26(24-15)18(27)20(2,3)4/h5,7-8,12,23H,1,6,9-11,13H2,2-4H3,(H,28,29). The van der Waals surface area contributed by atoms with Crippen molar-refractivity contribution in [3.63, 3.8) is 0 Å². The highest BCUT2D eigenvalue weighted by molar-refractivity contribution is 7.16. The van der Waals surface area contributed by atoms with Crippen LogP contribution in [0.4, 0.5) is 10.6 Å². The molecule has 3 rings (SSSR count). The van der Waals surface area contributed by atoms with E-state index in [0.29, 0.717) is 41.8 Å². The van der Waals surface area contributed by atoms with Gasteiger partial charge in [-0.15, -0.1) is 17.9 Å². The van der Waals surface area contributed by atoms with Gasteiger partial charge in [0.25, 0.3) is 5.91 Å². The Kier molecular flexibility index (Phi) is 6.29. The van der Waals surface area contributed by atoms with E-state index in [-0.39, 0.29) is 5.91 Å². The van der Waals surface area contributed by atoms with Crippen molar-refractivity contribution in [3.8, 4) is 0 Å². The van der Waals surface area contributed by atoms with Crippen LogP contribution >= 0.6 is 22.9 Å². The van der Waals surface area contributed by atoms with Gasteiger partial charge in [-0.1, -0.05) is 38.4 Å². The third-order valence-electron chi connectivity index (χ3n) is 5.29. The van der Waals surface area contributed by atoms with E-state index in [9.17, 15) is 14.7 Å². The molecule has 162 valence electrons. The Balaban J connectivity index is 2.04. The molecule has 2 N–H and O–H groups in total. The minimum Gasteiger partial charge on any atom is -0.465 e. The maximum Gasteiger partial charge on any atom is 0.408 e. The maximum atomic E-state index is 13.1. The number of likely N-dealkylation sites (tertiary alicyclic amines) is 1. The van der Waals surface area contributed by atoms with Gasteiger partial charge in [0.05, 0.1) is 22.1 Å². The molecule has 30 heavy (non-hydrogen) atoms. The number of carboxylic acid groups (broad SMARTS) is 1. The summed E-state index contributed by atoms with van der Waals surface area (Å²) in [5.74, 6) is 0.365. The van der Waals surface area contributed by atoms with Crippen LogP contribution in [-0.2, 0) is 12.1 Å². The van der Waals surface area contributed by atoms with Crippen LogP contribution in [-0.4, -0.2) is 38.3 Å². The van der Waals surface area contributed by atoms with Gasteiger partial charge >= 0.3 is 6.09 Å². The van der Waals surface area contributed by atoms with E-state index in [1.54, 1.807) is 12.1 Å². The van der Waals surface area contributed by atoms with Gasteiger partial charge in [0.2, 0.25) is 0 Å². The number of aromatic nitrogens is 2. The van der Waals surface area contributed by atoms with Crippen molar-refractivity contribution in [1.82, 2.24) is 14.7 Å². The fraction of sp³-hybridized carbons (Fsp3) is 0.476. The third kappa shape index (κ3) is 4.25. The molecule has 3 heterocycles. The zero-order chi connectivity index (χ0) is 22.1. The summed E-state index contributed by atoms with van der Waals surface area (Å²) in [6.07, 6.45) is 2.52. The minimum atomic E-state index is -0.992. The van der Waals surface area contributed by atoms with Crippen molar-refractivity contribution in [1.29, 1.82) is 0 Å². The second-order valence-electron chi connectivity index (χ2n) is 8.50. The number of carbonyl (C=O) groups is 2. The molecule has 2 aromatic heterocycles. The van der Waals surface area contributed by atoms with Gasteiger partial charge in [-0.25, -0.2) is 4.79 Å². The number of amides is 1. The maximum absolute atomic E-state index is 13.1. The van der Waals surface area contributed by atoms with Gasteiger partial charge in [-0.05, 0) is 31.4 Å². The molecule has 0 spiro atoms. The number of thiophene rings is 1. The summed E-state index contributed by atoms with van der Waals surface area (Å²) in [4.78, 5) is 27.5. The number of rotatable bonds is 6. The molecule has 7 nitrogen and oxygen atoms in total. The summed E-state index contributed by atoms with van der Waals surface area (Å²) in [6.45, 7) is 10.2. The molecule has 9 heteroatoms. The highest BCUT2D eigenvalue weighted by atomic mass is 35.5. The van der Waals surface area contributed by atoms with Crippen LogP contribution in [0.1, 0.15) is 55.4 Å². The van der Waals surface area contributed by atoms with Crippen molar-refractivity contribution < 1.29 is 14.7 Å². The number of carbonyl (C=O) groups excluding carboxylic acids is 1. The number of halogens is 1. The molecule has 1 aliphatic heterocycles. The van der Waals surface area contributed by atoms with E-state index in [1.165, 1.54) is 20.9 Å². The average molecular weight is 451 g/mol. The Bertz CT molecular complexity index is 962. The van der Waals surface area contributed by atoms with Crippen molar-refractivity contribution in [2.75, 3.05) is 11.9 Å². The molecule has 1 atom stereocenters. The first-order chi connectivity index (χ1) is 14.1. The molecule has 0 bridgehead atoms. The summed E-state index contributed by atoms with van der Waals surface area (Å²) in [5, 5.41) is 17.7. The van der Waals surface area contributed by atoms with Gasteiger partial charge in [0.1, 0.15) is 5.82 Å². The molecule has 0 aromatic carbocycles. The molecule has 1 fully saturated rings. The molecule has 0 saturated carbocycles. The lowest BCUT2D eigenvalue weighted by Crippen LogP contribution is -2.44. The van der Waals surface area contributed by atoms with Crippen LogP contribution in [0, 0.1) is 5.41 Å². The fourth-order valence-electron chi connectivity index (χ4n) is 3.81. The SMILES string of the molecule is C=CCC1(c2cc(NCc3ccc(Cl)s3)n(C(=O)C(C)(C)C)n2)CCCN1C(=O)O. The van der Waals surface area contributed by atoms with Gasteiger partial charge in [-0.2, -0.15) is 9.78 Å². The third-order valence-corrected chi connectivity index (χ3v) is 6.53. The first-order valence-electron chi connectivity index (χ1n) is 9.83. The number of nitrogens with zero attached hydrogens (tertiary/aromatic N) is 3. The van der Waals surface area contributed by atoms with Gasteiger partial charge < -0.3 is 10.4 Å². The molecule has 0 radical (unpaired) electrons. The summed E-state index contributed by atoms with van der Waals surface area (Å²) >= 11 is 7.48. The number of hydrogen-bond acceptors (Lipinski definition) is 5. The van der Waals surface area contributed by atoms with Gasteiger partial charge in [0.15, 0.2) is 0 Å². The number of anilines is 1. The lowest BCUT2D eigenvalue weighted by Gasteiger charge is -2.34. The number of nitrogens with one attached hydrogen (secondary N) is 1. The molecule has 1 saturated heterocycles. The average Bonchev–Trinajstić information content (AvgIpc) is 3.37. The molecule has 2 aromatic rings. The van der Waals surface area contributed by atoms with Crippen molar-refractivity contribution >= 4 is 40.8 Å². The zero-order valence-corrected chi connectivity index (χ0v) is 19.0. The first-order valence-corrected chi connectivity index (χ1v) is 11.0. The first kappa shape index (κ1) is 22.4. The molecular weight excluding hydrogens is 424 g/mol. The smallest absolute Gasteiger partial charge is 0.408 e. The van der Waals surface area contributed by atoms with Gasteiger partial charge in [0, 0.05) is 22.9 Å². The van der Waals surface area contributed by atoms with E-state index in [1.807, 2.05) is 32.9 Å². The van der Waals surface area contributed by atoms with Gasteiger partial charge in [-0.3, -0.25) is 9.69 Å². The molecule has 1 unspecified atom stereocenters. The Hall–Kier alpha value is -2.32. The Morgan fingerprint density at radius 2 is 2.17 bits per heavy atom. The van der Waals surface area contributed by atoms with E-state index < -0.39 is 17.0 Å². The summed E-state index contributed by atoms with van der Waals surface area (Å²) < 4.78 is 2.06. The zero-order valence-electron chi connectivity index (χ0n) is 17.4. The molecule has 0 aliphatic carbocycles. The highest BCUT2D eigenvalue weighted by Crippen LogP contribution is 2.42. The fourth-order valence-corrected chi connectivity index (χ4v) is 4.84. The van der Waals surface area contributed by atoms with Crippen molar-refractivity contribution in [2.24, 2.45) is 5.41 Å². The second-order valence-corrected chi connectivity index (χ2v) is 10.3. The van der Waals surface area contributed by atoms with Crippen molar-refractivity contribution in [3.05, 3.63) is 45.8 Å². The molecule has 1 amide bonds. The van der Waals surface area contributed by atoms with Crippen LogP contribution < -0.4 is 5.32 Å². The Morgan fingerprint density at radius 3 is 2.73 bits per heavy atom. The quantitative estimate of drug-likeness (QED) is 0.572. The predicted octanol–water partition coefficient (Wildman–Crippen LogP) is 5.44. The predicted molar refractivity (Wildman–Crippen MR) is 119 cm³/mol. The highest BCUT2D eigenvalue weighted by Gasteiger charge is 2.47. The minimum absolute atomic E-state index is 0.172. The normalized spacial score (nSPS) is 19.1. The lowest BCUT2D eigenvalue weighted by molar-refractivity contribution is 0.0746. The molecular formula is C21H27ClN4O3S. The number of hydrogen-bond donors (Lipinski definition) is 2. The summed E-state index contributed by atoms with van der Waals surface area (Å²) in [7, 11) is 0. The largest absolute Gasteiger partial charge is 0.465 e. The molecule has 1 aliphatic rings. The van der Waals surface area contributed by atoms with Crippen molar-refractivity contribution in [2.45, 2.75) is 52.1 Å². The van der Waals surface area contributed by atoms with E-state index in [4.69, 9.17) is 11.6 Å². The lowest BCUT2D eigenvalue weighted by atomic mass is 9.88. The van der Waals surface area contributed by atoms with Crippen LogP contribution in [0.25, 0.3) is 0 Å². The van der Waals surface area contributed by atoms with E-state index in [2.05, 4.69) is 17.0 Å².